The van der Waals surface area contributed by atoms with Crippen LogP contribution in [-0.2, 0) is 0 Å². The first kappa shape index (κ1) is 9.47. The molecular weight excluding hydrogens is 124 g/mol. The van der Waals surface area contributed by atoms with Crippen molar-refractivity contribution >= 4 is 5.84 Å². The van der Waals surface area contributed by atoms with E-state index in [-0.39, 0.29) is 0 Å². The van der Waals surface area contributed by atoms with Crippen LogP contribution in [0.3, 0.4) is 0 Å². The lowest BCUT2D eigenvalue weighted by Gasteiger charge is -2.12. The Morgan fingerprint density at radius 1 is 1.30 bits per heavy atom. The molecule has 0 aromatic rings. The summed E-state index contributed by atoms with van der Waals surface area (Å²) in [7, 11) is 3.85. The molecule has 0 aliphatic carbocycles. The number of hydrogen-bond acceptors (Lipinski definition) is 1. The summed E-state index contributed by atoms with van der Waals surface area (Å²) in [6.07, 6.45) is 4.57. The van der Waals surface area contributed by atoms with Crippen molar-refractivity contribution in [1.29, 1.82) is 5.41 Å². The molecule has 0 radical (unpaired) electrons. The summed E-state index contributed by atoms with van der Waals surface area (Å²) >= 11 is 0. The monoisotopic (exact) mass is 142 g/mol. The summed E-state index contributed by atoms with van der Waals surface area (Å²) in [4.78, 5) is 1.87. The van der Waals surface area contributed by atoms with Crippen LogP contribution in [0.15, 0.2) is 0 Å². The molecule has 10 heavy (non-hydrogen) atoms. The molecule has 0 aromatic carbocycles. The van der Waals surface area contributed by atoms with Gasteiger partial charge in [0, 0.05) is 20.5 Å². The molecule has 0 spiro atoms. The highest BCUT2D eigenvalue weighted by Gasteiger charge is 1.96. The molecule has 0 unspecified atom stereocenters. The molecule has 0 aliphatic rings. The third kappa shape index (κ3) is 4.36. The summed E-state index contributed by atoms with van der Waals surface area (Å²) < 4.78 is 0. The number of nitrogens with zero attached hydrogens (tertiary/aromatic N) is 1. The zero-order valence-electron chi connectivity index (χ0n) is 7.28. The van der Waals surface area contributed by atoms with Gasteiger partial charge < -0.3 is 4.90 Å². The Bertz CT molecular complexity index is 97.4. The largest absolute Gasteiger partial charge is 0.367 e. The minimum atomic E-state index is 0.744. The Kier molecular flexibility index (Phi) is 4.99. The summed E-state index contributed by atoms with van der Waals surface area (Å²) in [6.45, 7) is 2.18. The lowest BCUT2D eigenvalue weighted by atomic mass is 10.2. The van der Waals surface area contributed by atoms with Gasteiger partial charge in [0.25, 0.3) is 0 Å². The zero-order valence-corrected chi connectivity index (χ0v) is 7.28. The minimum Gasteiger partial charge on any atom is -0.367 e. The molecule has 0 aliphatic heterocycles. The van der Waals surface area contributed by atoms with Crippen molar-refractivity contribution in [2.75, 3.05) is 14.1 Å². The fraction of sp³-hybridized carbons (Fsp3) is 0.875. The van der Waals surface area contributed by atoms with Crippen LogP contribution >= 0.6 is 0 Å². The van der Waals surface area contributed by atoms with Crippen molar-refractivity contribution in [2.45, 2.75) is 32.6 Å². The first-order valence-electron chi connectivity index (χ1n) is 3.93. The SMILES string of the molecule is CCCCCC(=N)N(C)C. The van der Waals surface area contributed by atoms with E-state index in [1.165, 1.54) is 12.8 Å². The molecule has 0 fully saturated rings. The molecule has 2 heteroatoms. The average molecular weight is 142 g/mol. The molecule has 0 aromatic heterocycles. The highest BCUT2D eigenvalue weighted by atomic mass is 15.1. The number of unbranched alkanes of at least 4 members (excludes halogenated alkanes) is 2. The van der Waals surface area contributed by atoms with Crippen LogP contribution in [0.4, 0.5) is 0 Å². The maximum Gasteiger partial charge on any atom is 0.0952 e. The van der Waals surface area contributed by atoms with Crippen LogP contribution in [0.2, 0.25) is 0 Å². The van der Waals surface area contributed by atoms with Gasteiger partial charge in [-0.25, -0.2) is 0 Å². The van der Waals surface area contributed by atoms with E-state index >= 15 is 0 Å². The molecule has 1 N–H and O–H groups in total. The molecule has 60 valence electrons. The fourth-order valence-corrected chi connectivity index (χ4v) is 0.766. The summed E-state index contributed by atoms with van der Waals surface area (Å²) in [5, 5.41) is 7.45. The van der Waals surface area contributed by atoms with Gasteiger partial charge in [-0.3, -0.25) is 5.41 Å². The smallest absolute Gasteiger partial charge is 0.0952 e. The Hall–Kier alpha value is -0.530. The van der Waals surface area contributed by atoms with Crippen molar-refractivity contribution in [3.8, 4) is 0 Å². The quantitative estimate of drug-likeness (QED) is 0.363. The Morgan fingerprint density at radius 3 is 2.30 bits per heavy atom. The van der Waals surface area contributed by atoms with E-state index in [0.717, 1.165) is 18.7 Å². The zero-order chi connectivity index (χ0) is 7.98. The molecule has 0 saturated carbocycles. The summed E-state index contributed by atoms with van der Waals surface area (Å²) in [5.41, 5.74) is 0. The number of nitrogens with one attached hydrogen (secondary N) is 1. The average Bonchev–Trinajstić information content (AvgIpc) is 1.88. The standard InChI is InChI=1S/C8H18N2/c1-4-5-6-7-8(9)10(2)3/h9H,4-7H2,1-3H3. The van der Waals surface area contributed by atoms with E-state index in [1.54, 1.807) is 0 Å². The maximum atomic E-state index is 7.45. The molecular formula is C8H18N2. The van der Waals surface area contributed by atoms with Crippen LogP contribution in [0, 0.1) is 5.41 Å². The van der Waals surface area contributed by atoms with Crippen LogP contribution in [0.25, 0.3) is 0 Å². The van der Waals surface area contributed by atoms with Crippen molar-refractivity contribution in [3.05, 3.63) is 0 Å². The molecule has 0 saturated heterocycles. The second-order valence-electron chi connectivity index (χ2n) is 2.80. The fourth-order valence-electron chi connectivity index (χ4n) is 0.766. The van der Waals surface area contributed by atoms with Gasteiger partial charge >= 0.3 is 0 Å². The Morgan fingerprint density at radius 2 is 1.90 bits per heavy atom. The van der Waals surface area contributed by atoms with Gasteiger partial charge in [0.15, 0.2) is 0 Å². The molecule has 0 rings (SSSR count). The number of hydrogen-bond donors (Lipinski definition) is 1. The molecule has 0 atom stereocenters. The third-order valence-electron chi connectivity index (χ3n) is 1.56. The van der Waals surface area contributed by atoms with Crippen molar-refractivity contribution in [3.63, 3.8) is 0 Å². The molecule has 0 bridgehead atoms. The number of rotatable bonds is 4. The van der Waals surface area contributed by atoms with Crippen LogP contribution in [-0.4, -0.2) is 24.8 Å². The van der Waals surface area contributed by atoms with Gasteiger partial charge in [-0.15, -0.1) is 0 Å². The second-order valence-corrected chi connectivity index (χ2v) is 2.80. The second kappa shape index (κ2) is 5.27. The van der Waals surface area contributed by atoms with Crippen LogP contribution < -0.4 is 0 Å². The summed E-state index contributed by atoms with van der Waals surface area (Å²) in [5.74, 6) is 0.744. The molecule has 0 amide bonds. The molecule has 0 heterocycles. The predicted molar refractivity (Wildman–Crippen MR) is 45.6 cm³/mol. The maximum absolute atomic E-state index is 7.45. The Labute approximate surface area is 63.7 Å². The van der Waals surface area contributed by atoms with Crippen LogP contribution in [0.5, 0.6) is 0 Å². The molecule has 2 nitrogen and oxygen atoms in total. The minimum absolute atomic E-state index is 0.744. The van der Waals surface area contributed by atoms with Crippen molar-refractivity contribution in [1.82, 2.24) is 4.90 Å². The van der Waals surface area contributed by atoms with Gasteiger partial charge in [-0.05, 0) is 6.42 Å². The van der Waals surface area contributed by atoms with E-state index in [1.807, 2.05) is 19.0 Å². The van der Waals surface area contributed by atoms with Crippen molar-refractivity contribution in [2.24, 2.45) is 0 Å². The van der Waals surface area contributed by atoms with Gasteiger partial charge in [0.05, 0.1) is 5.84 Å². The predicted octanol–water partition coefficient (Wildman–Crippen LogP) is 2.11. The summed E-state index contributed by atoms with van der Waals surface area (Å²) in [6, 6.07) is 0. The lowest BCUT2D eigenvalue weighted by molar-refractivity contribution is 0.584. The van der Waals surface area contributed by atoms with Crippen LogP contribution in [0.1, 0.15) is 32.6 Å². The first-order chi connectivity index (χ1) is 4.68. The normalized spacial score (nSPS) is 9.50. The van der Waals surface area contributed by atoms with Gasteiger partial charge in [0.1, 0.15) is 0 Å². The topological polar surface area (TPSA) is 27.1 Å². The van der Waals surface area contributed by atoms with Gasteiger partial charge in [-0.1, -0.05) is 19.8 Å². The number of amidine groups is 1. The third-order valence-corrected chi connectivity index (χ3v) is 1.56. The van der Waals surface area contributed by atoms with E-state index in [9.17, 15) is 0 Å². The van der Waals surface area contributed by atoms with E-state index in [2.05, 4.69) is 6.92 Å². The highest BCUT2D eigenvalue weighted by Crippen LogP contribution is 2.00. The van der Waals surface area contributed by atoms with Gasteiger partial charge in [-0.2, -0.15) is 0 Å². The first-order valence-corrected chi connectivity index (χ1v) is 3.93. The Balaban J connectivity index is 3.22. The van der Waals surface area contributed by atoms with Gasteiger partial charge in [0.2, 0.25) is 0 Å². The lowest BCUT2D eigenvalue weighted by Crippen LogP contribution is -2.20. The van der Waals surface area contributed by atoms with E-state index in [4.69, 9.17) is 5.41 Å². The van der Waals surface area contributed by atoms with E-state index in [0.29, 0.717) is 0 Å². The highest BCUT2D eigenvalue weighted by molar-refractivity contribution is 5.78. The van der Waals surface area contributed by atoms with Crippen molar-refractivity contribution < 1.29 is 0 Å². The van der Waals surface area contributed by atoms with E-state index < -0.39 is 0 Å².